The molecule has 1 nitrogen and oxygen atoms in total. The van der Waals surface area contributed by atoms with Crippen molar-refractivity contribution in [3.8, 4) is 55.6 Å². The van der Waals surface area contributed by atoms with Crippen LogP contribution >= 0.6 is 11.3 Å². The molecule has 0 spiro atoms. The summed E-state index contributed by atoms with van der Waals surface area (Å²) in [6, 6.07) is 90.9. The number of benzene rings is 11. The topological polar surface area (TPSA) is 3.24 Å². The predicted octanol–water partition coefficient (Wildman–Crippen LogP) is 18.2. The lowest BCUT2D eigenvalue weighted by molar-refractivity contribution is 1.30. The van der Waals surface area contributed by atoms with Crippen LogP contribution < -0.4 is 4.90 Å². The Morgan fingerprint density at radius 1 is 0.281 bits per heavy atom. The highest BCUT2D eigenvalue weighted by molar-refractivity contribution is 7.26. The molecule has 1 aromatic heterocycles. The van der Waals surface area contributed by atoms with Gasteiger partial charge in [0.15, 0.2) is 0 Å². The number of nitrogens with zero attached hydrogens (tertiary/aromatic N) is 1. The molecule has 1 heterocycles. The van der Waals surface area contributed by atoms with E-state index in [4.69, 9.17) is 0 Å². The molecule has 2 heteroatoms. The normalized spacial score (nSPS) is 11.4. The molecule has 12 rings (SSSR count). The van der Waals surface area contributed by atoms with Crippen molar-refractivity contribution in [3.63, 3.8) is 0 Å². The van der Waals surface area contributed by atoms with Crippen LogP contribution in [0.5, 0.6) is 0 Å². The summed E-state index contributed by atoms with van der Waals surface area (Å²) in [6.45, 7) is 0. The predicted molar refractivity (Wildman–Crippen MR) is 276 cm³/mol. The van der Waals surface area contributed by atoms with Gasteiger partial charge in [0.2, 0.25) is 0 Å². The molecule has 11 aromatic carbocycles. The average molecular weight is 832 g/mol. The molecule has 300 valence electrons. The van der Waals surface area contributed by atoms with Crippen molar-refractivity contribution in [1.29, 1.82) is 0 Å². The summed E-state index contributed by atoms with van der Waals surface area (Å²) < 4.78 is 2.56. The van der Waals surface area contributed by atoms with E-state index in [0.717, 1.165) is 11.4 Å². The molecule has 0 saturated carbocycles. The average Bonchev–Trinajstić information content (AvgIpc) is 3.76. The van der Waals surface area contributed by atoms with E-state index in [2.05, 4.69) is 254 Å². The maximum atomic E-state index is 2.44. The summed E-state index contributed by atoms with van der Waals surface area (Å²) >= 11 is 1.87. The van der Waals surface area contributed by atoms with Gasteiger partial charge in [0.1, 0.15) is 0 Å². The standard InChI is InChI=1S/C62H41NS/c1-4-16-43(17-5-1)52-26-14-23-44-30-31-48(40-56(44)52)42-32-36-50(37-33-42)63(58-28-15-27-55-54-25-12-13-29-59(54)64-62(55)58)51-38-34-45(35-39-51)57-41-49-22-10-11-24-53(49)60(46-18-6-2-7-19-46)61(57)47-20-8-3-9-21-47/h1-41H. The van der Waals surface area contributed by atoms with Crippen molar-refractivity contribution >= 4 is 70.1 Å². The van der Waals surface area contributed by atoms with Gasteiger partial charge in [0.25, 0.3) is 0 Å². The molecule has 0 amide bonds. The Labute approximate surface area is 377 Å². The third-order valence-corrected chi connectivity index (χ3v) is 13.9. The van der Waals surface area contributed by atoms with Gasteiger partial charge < -0.3 is 4.90 Å². The van der Waals surface area contributed by atoms with Crippen molar-refractivity contribution in [2.24, 2.45) is 0 Å². The molecule has 0 unspecified atom stereocenters. The van der Waals surface area contributed by atoms with Crippen LogP contribution in [0.25, 0.3) is 97.4 Å². The van der Waals surface area contributed by atoms with Crippen molar-refractivity contribution in [1.82, 2.24) is 0 Å². The van der Waals surface area contributed by atoms with Crippen LogP contribution in [0.2, 0.25) is 0 Å². The largest absolute Gasteiger partial charge is 0.309 e. The quantitative estimate of drug-likeness (QED) is 0.147. The van der Waals surface area contributed by atoms with Gasteiger partial charge in [-0.2, -0.15) is 0 Å². The first-order valence-electron chi connectivity index (χ1n) is 21.9. The number of hydrogen-bond donors (Lipinski definition) is 0. The second kappa shape index (κ2) is 16.0. The number of rotatable bonds is 8. The SMILES string of the molecule is c1ccc(-c2c(-c3ccc(N(c4ccc(-c5ccc6cccc(-c7ccccc7)c6c5)cc4)c4cccc5c4sc4ccccc45)cc3)cc3ccccc3c2-c2ccccc2)cc1. The summed E-state index contributed by atoms with van der Waals surface area (Å²) in [4.78, 5) is 2.44. The lowest BCUT2D eigenvalue weighted by Crippen LogP contribution is -2.10. The van der Waals surface area contributed by atoms with E-state index >= 15 is 0 Å². The molecule has 0 atom stereocenters. The molecule has 0 aliphatic carbocycles. The van der Waals surface area contributed by atoms with E-state index in [-0.39, 0.29) is 0 Å². The van der Waals surface area contributed by atoms with E-state index < -0.39 is 0 Å². The second-order valence-electron chi connectivity index (χ2n) is 16.4. The molecule has 0 fully saturated rings. The lowest BCUT2D eigenvalue weighted by atomic mass is 9.84. The van der Waals surface area contributed by atoms with Crippen molar-refractivity contribution in [3.05, 3.63) is 249 Å². The monoisotopic (exact) mass is 831 g/mol. The Balaban J connectivity index is 1.01. The van der Waals surface area contributed by atoms with Crippen LogP contribution in [0, 0.1) is 0 Å². The minimum Gasteiger partial charge on any atom is -0.309 e. The van der Waals surface area contributed by atoms with Crippen LogP contribution in [0.1, 0.15) is 0 Å². The van der Waals surface area contributed by atoms with Gasteiger partial charge >= 0.3 is 0 Å². The number of hydrogen-bond acceptors (Lipinski definition) is 2. The summed E-state index contributed by atoms with van der Waals surface area (Å²) in [5, 5.41) is 7.54. The van der Waals surface area contributed by atoms with E-state index in [1.165, 1.54) is 103 Å². The van der Waals surface area contributed by atoms with Gasteiger partial charge in [-0.05, 0) is 126 Å². The molecule has 0 aliphatic heterocycles. The molecule has 0 bridgehead atoms. The third kappa shape index (κ3) is 6.64. The zero-order valence-electron chi connectivity index (χ0n) is 35.0. The van der Waals surface area contributed by atoms with E-state index in [9.17, 15) is 0 Å². The molecule has 12 aromatic rings. The Morgan fingerprint density at radius 3 is 1.53 bits per heavy atom. The van der Waals surface area contributed by atoms with E-state index in [1.807, 2.05) is 11.3 Å². The number of thiophene rings is 1. The second-order valence-corrected chi connectivity index (χ2v) is 17.5. The summed E-state index contributed by atoms with van der Waals surface area (Å²) in [7, 11) is 0. The van der Waals surface area contributed by atoms with Gasteiger partial charge in [-0.3, -0.25) is 0 Å². The van der Waals surface area contributed by atoms with Crippen molar-refractivity contribution in [2.45, 2.75) is 0 Å². The van der Waals surface area contributed by atoms with Crippen LogP contribution in [0.3, 0.4) is 0 Å². The zero-order valence-corrected chi connectivity index (χ0v) is 35.8. The maximum absolute atomic E-state index is 2.44. The zero-order chi connectivity index (χ0) is 42.4. The minimum absolute atomic E-state index is 1.10. The lowest BCUT2D eigenvalue weighted by Gasteiger charge is -2.27. The fourth-order valence-corrected chi connectivity index (χ4v) is 10.8. The van der Waals surface area contributed by atoms with Crippen LogP contribution in [0.4, 0.5) is 17.1 Å². The first-order valence-corrected chi connectivity index (χ1v) is 22.7. The highest BCUT2D eigenvalue weighted by atomic mass is 32.1. The highest BCUT2D eigenvalue weighted by Crippen LogP contribution is 2.48. The maximum Gasteiger partial charge on any atom is 0.0640 e. The van der Waals surface area contributed by atoms with Crippen molar-refractivity contribution < 1.29 is 0 Å². The van der Waals surface area contributed by atoms with Gasteiger partial charge in [-0.15, -0.1) is 11.3 Å². The van der Waals surface area contributed by atoms with E-state index in [1.54, 1.807) is 0 Å². The molecule has 64 heavy (non-hydrogen) atoms. The Hall–Kier alpha value is -8.04. The fourth-order valence-electron chi connectivity index (χ4n) is 9.63. The van der Waals surface area contributed by atoms with Gasteiger partial charge in [0.05, 0.1) is 10.4 Å². The first kappa shape index (κ1) is 37.7. The van der Waals surface area contributed by atoms with Crippen LogP contribution in [-0.2, 0) is 0 Å². The highest BCUT2D eigenvalue weighted by Gasteiger charge is 2.21. The molecule has 0 saturated heterocycles. The molecule has 0 N–H and O–H groups in total. The van der Waals surface area contributed by atoms with Gasteiger partial charge in [0, 0.05) is 26.8 Å². The van der Waals surface area contributed by atoms with Crippen LogP contribution in [0.15, 0.2) is 249 Å². The van der Waals surface area contributed by atoms with Gasteiger partial charge in [-0.1, -0.05) is 200 Å². The molecular weight excluding hydrogens is 791 g/mol. The number of anilines is 3. The smallest absolute Gasteiger partial charge is 0.0640 e. The summed E-state index contributed by atoms with van der Waals surface area (Å²) in [6.07, 6.45) is 0. The Morgan fingerprint density at radius 2 is 0.812 bits per heavy atom. The van der Waals surface area contributed by atoms with Crippen LogP contribution in [-0.4, -0.2) is 0 Å². The van der Waals surface area contributed by atoms with Gasteiger partial charge in [-0.25, -0.2) is 0 Å². The summed E-state index contributed by atoms with van der Waals surface area (Å²) in [5.41, 5.74) is 15.5. The molecular formula is C62H41NS. The Kier molecular flexibility index (Phi) is 9.43. The molecule has 0 radical (unpaired) electrons. The Bertz CT molecular complexity index is 3630. The number of fused-ring (bicyclic) bond motifs is 5. The fraction of sp³-hybridized carbons (Fsp3) is 0. The van der Waals surface area contributed by atoms with Crippen molar-refractivity contribution in [2.75, 3.05) is 4.90 Å². The molecule has 0 aliphatic rings. The van der Waals surface area contributed by atoms with E-state index in [0.29, 0.717) is 0 Å². The third-order valence-electron chi connectivity index (χ3n) is 12.7. The first-order chi connectivity index (χ1) is 31.7. The minimum atomic E-state index is 1.10. The summed E-state index contributed by atoms with van der Waals surface area (Å²) in [5.74, 6) is 0.